The molecule has 1 saturated heterocycles. The standard InChI is InChI=1S/C7H13NO.2C3H8/c1-7(9)8-5-3-2-4-6-8;2*1-3-2/h2-6H2,1H3;2*3H2,1-2H3. The van der Waals surface area contributed by atoms with Crippen LogP contribution < -0.4 is 0 Å². The van der Waals surface area contributed by atoms with Crippen molar-refractivity contribution in [1.29, 1.82) is 0 Å². The van der Waals surface area contributed by atoms with E-state index in [2.05, 4.69) is 27.7 Å². The molecule has 2 nitrogen and oxygen atoms in total. The summed E-state index contributed by atoms with van der Waals surface area (Å²) >= 11 is 0. The second kappa shape index (κ2) is 13.5. The normalized spacial score (nSPS) is 14.3. The minimum absolute atomic E-state index is 0.231. The molecule has 1 aliphatic heterocycles. The van der Waals surface area contributed by atoms with E-state index >= 15 is 0 Å². The van der Waals surface area contributed by atoms with Gasteiger partial charge in [-0.1, -0.05) is 40.5 Å². The maximum atomic E-state index is 10.7. The van der Waals surface area contributed by atoms with Crippen LogP contribution in [-0.2, 0) is 4.79 Å². The van der Waals surface area contributed by atoms with Crippen LogP contribution in [0.15, 0.2) is 0 Å². The predicted octanol–water partition coefficient (Wildman–Crippen LogP) is 3.85. The Bertz CT molecular complexity index is 126. The first-order valence-electron chi connectivity index (χ1n) is 6.39. The predicted molar refractivity (Wildman–Crippen MR) is 68.0 cm³/mol. The van der Waals surface area contributed by atoms with Gasteiger partial charge in [-0.2, -0.15) is 0 Å². The van der Waals surface area contributed by atoms with Gasteiger partial charge in [-0.3, -0.25) is 4.79 Å². The summed E-state index contributed by atoms with van der Waals surface area (Å²) in [6.07, 6.45) is 6.18. The Balaban J connectivity index is 0. The fourth-order valence-electron chi connectivity index (χ4n) is 1.21. The molecule has 0 unspecified atom stereocenters. The summed E-state index contributed by atoms with van der Waals surface area (Å²) in [4.78, 5) is 12.6. The number of hydrogen-bond donors (Lipinski definition) is 0. The summed E-state index contributed by atoms with van der Waals surface area (Å²) in [6.45, 7) is 12.1. The second-order valence-corrected chi connectivity index (χ2v) is 3.98. The van der Waals surface area contributed by atoms with Crippen LogP contribution in [0, 0.1) is 0 Å². The van der Waals surface area contributed by atoms with Gasteiger partial charge in [-0.05, 0) is 19.3 Å². The van der Waals surface area contributed by atoms with E-state index in [0.29, 0.717) is 0 Å². The van der Waals surface area contributed by atoms with Crippen LogP contribution in [0.1, 0.15) is 66.7 Å². The number of carbonyl (C=O) groups is 1. The summed E-state index contributed by atoms with van der Waals surface area (Å²) in [6, 6.07) is 0. The Morgan fingerprint density at radius 3 is 1.47 bits per heavy atom. The zero-order valence-corrected chi connectivity index (χ0v) is 11.3. The van der Waals surface area contributed by atoms with E-state index < -0.39 is 0 Å². The highest BCUT2D eigenvalue weighted by Gasteiger charge is 2.10. The summed E-state index contributed by atoms with van der Waals surface area (Å²) in [5, 5.41) is 0. The van der Waals surface area contributed by atoms with Gasteiger partial charge < -0.3 is 4.90 Å². The van der Waals surface area contributed by atoms with Crippen molar-refractivity contribution in [3.63, 3.8) is 0 Å². The molecule has 92 valence electrons. The van der Waals surface area contributed by atoms with Crippen LogP contribution in [-0.4, -0.2) is 23.9 Å². The van der Waals surface area contributed by atoms with Crippen molar-refractivity contribution in [3.8, 4) is 0 Å². The lowest BCUT2D eigenvalue weighted by molar-refractivity contribution is -0.129. The molecule has 0 N–H and O–H groups in total. The van der Waals surface area contributed by atoms with Gasteiger partial charge in [0.2, 0.25) is 5.91 Å². The van der Waals surface area contributed by atoms with Crippen LogP contribution in [0.25, 0.3) is 0 Å². The largest absolute Gasteiger partial charge is 0.343 e. The van der Waals surface area contributed by atoms with E-state index in [-0.39, 0.29) is 5.91 Å². The van der Waals surface area contributed by atoms with E-state index in [1.165, 1.54) is 32.1 Å². The average molecular weight is 215 g/mol. The molecule has 0 aromatic rings. The van der Waals surface area contributed by atoms with Gasteiger partial charge in [0.05, 0.1) is 0 Å². The molecule has 0 saturated carbocycles. The molecule has 0 atom stereocenters. The van der Waals surface area contributed by atoms with Crippen molar-refractivity contribution < 1.29 is 4.79 Å². The van der Waals surface area contributed by atoms with E-state index in [9.17, 15) is 4.79 Å². The van der Waals surface area contributed by atoms with Gasteiger partial charge in [-0.15, -0.1) is 0 Å². The molecule has 0 aliphatic carbocycles. The topological polar surface area (TPSA) is 20.3 Å². The lowest BCUT2D eigenvalue weighted by Gasteiger charge is -2.24. The maximum absolute atomic E-state index is 10.7. The summed E-state index contributed by atoms with van der Waals surface area (Å²) < 4.78 is 0. The number of piperidine rings is 1. The van der Waals surface area contributed by atoms with Crippen molar-refractivity contribution in [2.24, 2.45) is 0 Å². The smallest absolute Gasteiger partial charge is 0.219 e. The molecule has 1 amide bonds. The van der Waals surface area contributed by atoms with Crippen molar-refractivity contribution >= 4 is 5.91 Å². The minimum atomic E-state index is 0.231. The number of nitrogens with zero attached hydrogens (tertiary/aromatic N) is 1. The fraction of sp³-hybridized carbons (Fsp3) is 0.923. The third kappa shape index (κ3) is 13.5. The lowest BCUT2D eigenvalue weighted by atomic mass is 10.1. The Labute approximate surface area is 96.0 Å². The fourth-order valence-corrected chi connectivity index (χ4v) is 1.21. The van der Waals surface area contributed by atoms with Gasteiger partial charge in [0.1, 0.15) is 0 Å². The van der Waals surface area contributed by atoms with Crippen molar-refractivity contribution in [2.75, 3.05) is 13.1 Å². The average Bonchev–Trinajstić information content (AvgIpc) is 2.21. The first-order valence-corrected chi connectivity index (χ1v) is 6.39. The summed E-state index contributed by atoms with van der Waals surface area (Å²) in [5.74, 6) is 0.231. The van der Waals surface area contributed by atoms with Crippen LogP contribution in [0.3, 0.4) is 0 Å². The molecule has 1 fully saturated rings. The molecule has 0 aromatic carbocycles. The molecule has 1 rings (SSSR count). The molecule has 1 aliphatic rings. The molecule has 0 spiro atoms. The van der Waals surface area contributed by atoms with Gasteiger partial charge in [0.25, 0.3) is 0 Å². The van der Waals surface area contributed by atoms with E-state index in [1.807, 2.05) is 4.90 Å². The first-order chi connectivity index (χ1) is 7.13. The SMILES string of the molecule is CC(=O)N1CCCCC1.CCC.CCC. The molecule has 0 bridgehead atoms. The first kappa shape index (κ1) is 16.9. The zero-order chi connectivity index (χ0) is 12.1. The van der Waals surface area contributed by atoms with Crippen LogP contribution in [0.4, 0.5) is 0 Å². The molecule has 0 aromatic heterocycles. The molecule has 1 heterocycles. The van der Waals surface area contributed by atoms with E-state index in [0.717, 1.165) is 13.1 Å². The van der Waals surface area contributed by atoms with Crippen molar-refractivity contribution in [3.05, 3.63) is 0 Å². The number of hydrogen-bond acceptors (Lipinski definition) is 1. The number of rotatable bonds is 0. The Hall–Kier alpha value is -0.530. The minimum Gasteiger partial charge on any atom is -0.343 e. The van der Waals surface area contributed by atoms with E-state index in [4.69, 9.17) is 0 Å². The lowest BCUT2D eigenvalue weighted by Crippen LogP contribution is -2.33. The highest BCUT2D eigenvalue weighted by molar-refractivity contribution is 5.73. The van der Waals surface area contributed by atoms with Crippen molar-refractivity contribution in [2.45, 2.75) is 66.7 Å². The Morgan fingerprint density at radius 1 is 0.933 bits per heavy atom. The monoisotopic (exact) mass is 215 g/mol. The van der Waals surface area contributed by atoms with E-state index in [1.54, 1.807) is 6.92 Å². The summed E-state index contributed by atoms with van der Waals surface area (Å²) in [5.41, 5.74) is 0. The van der Waals surface area contributed by atoms with Gasteiger partial charge >= 0.3 is 0 Å². The second-order valence-electron chi connectivity index (χ2n) is 3.98. The van der Waals surface area contributed by atoms with Crippen LogP contribution in [0.5, 0.6) is 0 Å². The van der Waals surface area contributed by atoms with Gasteiger partial charge in [0, 0.05) is 20.0 Å². The number of carbonyl (C=O) groups excluding carboxylic acids is 1. The Kier molecular flexibility index (Phi) is 15.2. The van der Waals surface area contributed by atoms with Crippen molar-refractivity contribution in [1.82, 2.24) is 4.90 Å². The molecule has 15 heavy (non-hydrogen) atoms. The Morgan fingerprint density at radius 2 is 1.27 bits per heavy atom. The molecule has 2 heteroatoms. The molecular formula is C13H29NO. The van der Waals surface area contributed by atoms with Crippen LogP contribution >= 0.6 is 0 Å². The molecule has 0 radical (unpaired) electrons. The molecular weight excluding hydrogens is 186 g/mol. The maximum Gasteiger partial charge on any atom is 0.219 e. The quantitative estimate of drug-likeness (QED) is 0.601. The van der Waals surface area contributed by atoms with Gasteiger partial charge in [-0.25, -0.2) is 0 Å². The zero-order valence-electron chi connectivity index (χ0n) is 11.3. The third-order valence-electron chi connectivity index (χ3n) is 1.80. The number of amides is 1. The summed E-state index contributed by atoms with van der Waals surface area (Å²) in [7, 11) is 0. The third-order valence-corrected chi connectivity index (χ3v) is 1.80. The highest BCUT2D eigenvalue weighted by atomic mass is 16.2. The highest BCUT2D eigenvalue weighted by Crippen LogP contribution is 2.07. The number of likely N-dealkylation sites (tertiary alicyclic amines) is 1. The van der Waals surface area contributed by atoms with Crippen LogP contribution in [0.2, 0.25) is 0 Å². The van der Waals surface area contributed by atoms with Gasteiger partial charge in [0.15, 0.2) is 0 Å².